The summed E-state index contributed by atoms with van der Waals surface area (Å²) in [6.07, 6.45) is 4.73. The van der Waals surface area contributed by atoms with Gasteiger partial charge in [0.25, 0.3) is 0 Å². The molecule has 0 fully saturated rings. The van der Waals surface area contributed by atoms with Crippen molar-refractivity contribution in [2.75, 3.05) is 13.2 Å². The lowest BCUT2D eigenvalue weighted by Crippen LogP contribution is -1.98. The van der Waals surface area contributed by atoms with Crippen LogP contribution in [0.25, 0.3) is 0 Å². The van der Waals surface area contributed by atoms with E-state index in [-0.39, 0.29) is 6.61 Å². The number of ether oxygens (including phenoxy) is 1. The summed E-state index contributed by atoms with van der Waals surface area (Å²) in [4.78, 5) is 10.5. The van der Waals surface area contributed by atoms with E-state index in [0.717, 1.165) is 42.2 Å². The molecule has 0 unspecified atom stereocenters. The van der Waals surface area contributed by atoms with Crippen molar-refractivity contribution in [1.82, 2.24) is 0 Å². The molecule has 0 amide bonds. The van der Waals surface area contributed by atoms with Crippen molar-refractivity contribution in [1.29, 1.82) is 0 Å². The Morgan fingerprint density at radius 1 is 1.24 bits per heavy atom. The summed E-state index contributed by atoms with van der Waals surface area (Å²) in [6.45, 7) is 0.921. The van der Waals surface area contributed by atoms with Gasteiger partial charge in [0.15, 0.2) is 0 Å². The van der Waals surface area contributed by atoms with E-state index in [1.165, 1.54) is 0 Å². The number of aliphatic hydroxyl groups is 1. The second-order valence-electron chi connectivity index (χ2n) is 3.79. The number of carbonyl (C=O) groups excluding carboxylic acids is 1. The zero-order valence-electron chi connectivity index (χ0n) is 9.69. The molecule has 0 bridgehead atoms. The highest BCUT2D eigenvalue weighted by molar-refractivity contribution is 9.10. The molecule has 0 aromatic heterocycles. The van der Waals surface area contributed by atoms with Gasteiger partial charge in [-0.25, -0.2) is 0 Å². The van der Waals surface area contributed by atoms with Gasteiger partial charge in [-0.2, -0.15) is 0 Å². The molecule has 0 saturated heterocycles. The molecule has 0 heterocycles. The van der Waals surface area contributed by atoms with Crippen molar-refractivity contribution in [2.45, 2.75) is 25.7 Å². The maximum atomic E-state index is 10.5. The molecule has 4 heteroatoms. The molecule has 17 heavy (non-hydrogen) atoms. The molecule has 0 atom stereocenters. The van der Waals surface area contributed by atoms with Crippen LogP contribution in [0.3, 0.4) is 0 Å². The molecule has 3 nitrogen and oxygen atoms in total. The van der Waals surface area contributed by atoms with Gasteiger partial charge >= 0.3 is 0 Å². The van der Waals surface area contributed by atoms with Crippen LogP contribution in [0.15, 0.2) is 22.7 Å². The predicted octanol–water partition coefficient (Wildman–Crippen LogP) is 3.19. The van der Waals surface area contributed by atoms with Gasteiger partial charge in [0, 0.05) is 12.2 Å². The highest BCUT2D eigenvalue weighted by Crippen LogP contribution is 2.25. The molecule has 0 aliphatic heterocycles. The SMILES string of the molecule is O=Cc1ccc(OCCCCCCO)c(Br)c1. The normalized spacial score (nSPS) is 10.2. The second kappa shape index (κ2) is 8.25. The Balaban J connectivity index is 2.29. The zero-order chi connectivity index (χ0) is 12.5. The third kappa shape index (κ3) is 5.33. The minimum Gasteiger partial charge on any atom is -0.492 e. The first kappa shape index (κ1) is 14.2. The van der Waals surface area contributed by atoms with E-state index in [0.29, 0.717) is 12.2 Å². The van der Waals surface area contributed by atoms with Crippen LogP contribution in [0, 0.1) is 0 Å². The van der Waals surface area contributed by atoms with Crippen LogP contribution in [0.1, 0.15) is 36.0 Å². The average molecular weight is 301 g/mol. The molecule has 0 spiro atoms. The van der Waals surface area contributed by atoms with Crippen LogP contribution in [-0.4, -0.2) is 24.6 Å². The van der Waals surface area contributed by atoms with Crippen molar-refractivity contribution < 1.29 is 14.6 Å². The van der Waals surface area contributed by atoms with E-state index >= 15 is 0 Å². The number of halogens is 1. The lowest BCUT2D eigenvalue weighted by atomic mass is 10.2. The van der Waals surface area contributed by atoms with E-state index in [1.807, 2.05) is 0 Å². The maximum Gasteiger partial charge on any atom is 0.150 e. The van der Waals surface area contributed by atoms with Crippen molar-refractivity contribution in [3.05, 3.63) is 28.2 Å². The lowest BCUT2D eigenvalue weighted by Gasteiger charge is -2.08. The van der Waals surface area contributed by atoms with E-state index < -0.39 is 0 Å². The summed E-state index contributed by atoms with van der Waals surface area (Å²) in [5.74, 6) is 0.762. The molecule has 0 aliphatic carbocycles. The minimum absolute atomic E-state index is 0.263. The molecular formula is C13H17BrO3. The quantitative estimate of drug-likeness (QED) is 0.592. The molecule has 94 valence electrons. The van der Waals surface area contributed by atoms with Crippen LogP contribution < -0.4 is 4.74 Å². The van der Waals surface area contributed by atoms with Gasteiger partial charge in [0.1, 0.15) is 12.0 Å². The summed E-state index contributed by atoms with van der Waals surface area (Å²) < 4.78 is 6.39. The van der Waals surface area contributed by atoms with Gasteiger partial charge in [-0.05, 0) is 53.4 Å². The Bertz CT molecular complexity index is 353. The first-order valence-electron chi connectivity index (χ1n) is 5.76. The third-order valence-electron chi connectivity index (χ3n) is 2.40. The lowest BCUT2D eigenvalue weighted by molar-refractivity contribution is 0.112. The monoisotopic (exact) mass is 300 g/mol. The molecular weight excluding hydrogens is 284 g/mol. The topological polar surface area (TPSA) is 46.5 Å². The fourth-order valence-electron chi connectivity index (χ4n) is 1.46. The first-order chi connectivity index (χ1) is 8.27. The minimum atomic E-state index is 0.263. The van der Waals surface area contributed by atoms with Gasteiger partial charge in [-0.1, -0.05) is 6.42 Å². The number of aldehydes is 1. The number of hydrogen-bond acceptors (Lipinski definition) is 3. The van der Waals surface area contributed by atoms with Crippen LogP contribution in [0.5, 0.6) is 5.75 Å². The Morgan fingerprint density at radius 3 is 2.65 bits per heavy atom. The summed E-state index contributed by atoms with van der Waals surface area (Å²) in [6, 6.07) is 5.27. The van der Waals surface area contributed by atoms with Crippen LogP contribution in [0.4, 0.5) is 0 Å². The predicted molar refractivity (Wildman–Crippen MR) is 70.6 cm³/mol. The largest absolute Gasteiger partial charge is 0.492 e. The molecule has 1 aromatic rings. The Kier molecular flexibility index (Phi) is 6.89. The molecule has 1 rings (SSSR count). The number of unbranched alkanes of at least 4 members (excludes halogenated alkanes) is 3. The van der Waals surface area contributed by atoms with Crippen molar-refractivity contribution >= 4 is 22.2 Å². The standard InChI is InChI=1S/C13H17BrO3/c14-12-9-11(10-16)5-6-13(12)17-8-4-2-1-3-7-15/h5-6,9-10,15H,1-4,7-8H2. The van der Waals surface area contributed by atoms with Gasteiger partial charge in [-0.15, -0.1) is 0 Å². The smallest absolute Gasteiger partial charge is 0.150 e. The Hall–Kier alpha value is -0.870. The molecule has 0 saturated carbocycles. The van der Waals surface area contributed by atoms with Gasteiger partial charge in [0.2, 0.25) is 0 Å². The summed E-state index contributed by atoms with van der Waals surface area (Å²) in [7, 11) is 0. The van der Waals surface area contributed by atoms with Crippen molar-refractivity contribution in [3.63, 3.8) is 0 Å². The number of aliphatic hydroxyl groups excluding tert-OH is 1. The van der Waals surface area contributed by atoms with Crippen LogP contribution in [-0.2, 0) is 0 Å². The maximum absolute atomic E-state index is 10.5. The van der Waals surface area contributed by atoms with Crippen LogP contribution >= 0.6 is 15.9 Å². The summed E-state index contributed by atoms with van der Waals surface area (Å²) in [5.41, 5.74) is 0.632. The summed E-state index contributed by atoms with van der Waals surface area (Å²) in [5, 5.41) is 8.62. The van der Waals surface area contributed by atoms with E-state index in [1.54, 1.807) is 18.2 Å². The number of hydrogen-bond donors (Lipinski definition) is 1. The van der Waals surface area contributed by atoms with E-state index in [9.17, 15) is 4.79 Å². The third-order valence-corrected chi connectivity index (χ3v) is 3.02. The molecule has 1 aromatic carbocycles. The second-order valence-corrected chi connectivity index (χ2v) is 4.65. The molecule has 0 aliphatic rings. The van der Waals surface area contributed by atoms with E-state index in [4.69, 9.17) is 9.84 Å². The Labute approximate surface area is 110 Å². The van der Waals surface area contributed by atoms with Crippen molar-refractivity contribution in [3.8, 4) is 5.75 Å². The fraction of sp³-hybridized carbons (Fsp3) is 0.462. The molecule has 1 N–H and O–H groups in total. The van der Waals surface area contributed by atoms with E-state index in [2.05, 4.69) is 15.9 Å². The molecule has 0 radical (unpaired) electrons. The van der Waals surface area contributed by atoms with Crippen molar-refractivity contribution in [2.24, 2.45) is 0 Å². The number of carbonyl (C=O) groups is 1. The summed E-state index contributed by atoms with van der Waals surface area (Å²) >= 11 is 3.37. The zero-order valence-corrected chi connectivity index (χ0v) is 11.3. The number of rotatable bonds is 8. The highest BCUT2D eigenvalue weighted by atomic mass is 79.9. The van der Waals surface area contributed by atoms with Crippen LogP contribution in [0.2, 0.25) is 0 Å². The van der Waals surface area contributed by atoms with Gasteiger partial charge in [0.05, 0.1) is 11.1 Å². The Morgan fingerprint density at radius 2 is 2.00 bits per heavy atom. The number of benzene rings is 1. The average Bonchev–Trinajstić information content (AvgIpc) is 2.35. The fourth-order valence-corrected chi connectivity index (χ4v) is 1.97. The van der Waals surface area contributed by atoms with Gasteiger partial charge < -0.3 is 9.84 Å². The first-order valence-corrected chi connectivity index (χ1v) is 6.55. The van der Waals surface area contributed by atoms with Gasteiger partial charge in [-0.3, -0.25) is 4.79 Å². The highest BCUT2D eigenvalue weighted by Gasteiger charge is 2.02.